The maximum Gasteiger partial charge on any atom is 0.272 e. The lowest BCUT2D eigenvalue weighted by molar-refractivity contribution is 0.603. The molecule has 4 heterocycles. The van der Waals surface area contributed by atoms with Crippen molar-refractivity contribution < 1.29 is 4.42 Å². The summed E-state index contributed by atoms with van der Waals surface area (Å²) in [7, 11) is 0. The summed E-state index contributed by atoms with van der Waals surface area (Å²) in [5.74, 6) is 0.187. The molecule has 0 aliphatic carbocycles. The van der Waals surface area contributed by atoms with Crippen molar-refractivity contribution in [1.82, 2.24) is 24.9 Å². The number of aromatic nitrogens is 5. The minimum absolute atomic E-state index is 0.153. The van der Waals surface area contributed by atoms with Crippen LogP contribution in [-0.2, 0) is 0 Å². The number of fused-ring (bicyclic) bond motifs is 2. The third-order valence-electron chi connectivity index (χ3n) is 3.22. The van der Waals surface area contributed by atoms with Gasteiger partial charge in [-0.1, -0.05) is 0 Å². The molecule has 0 amide bonds. The summed E-state index contributed by atoms with van der Waals surface area (Å²) in [6.07, 6.45) is 1.67. The zero-order valence-electron chi connectivity index (χ0n) is 10.9. The van der Waals surface area contributed by atoms with Crippen LogP contribution in [0.4, 0.5) is 0 Å². The lowest BCUT2D eigenvalue weighted by atomic mass is 10.3. The van der Waals surface area contributed by atoms with Crippen molar-refractivity contribution in [3.8, 4) is 11.6 Å². The van der Waals surface area contributed by atoms with Gasteiger partial charge in [0.2, 0.25) is 17.3 Å². The highest BCUT2D eigenvalue weighted by atomic mass is 16.4. The minimum atomic E-state index is -0.335. The third kappa shape index (κ3) is 1.69. The Kier molecular flexibility index (Phi) is 2.17. The number of aromatic amines is 3. The van der Waals surface area contributed by atoms with Crippen molar-refractivity contribution in [3.05, 3.63) is 44.6 Å². The second-order valence-corrected chi connectivity index (χ2v) is 4.64. The number of pyridine rings is 1. The van der Waals surface area contributed by atoms with Gasteiger partial charge in [-0.05, 0) is 13.0 Å². The molecule has 0 saturated heterocycles. The Morgan fingerprint density at radius 2 is 2.05 bits per heavy atom. The number of nitrogens with one attached hydrogen (secondary N) is 3. The summed E-state index contributed by atoms with van der Waals surface area (Å²) < 4.78 is 5.46. The van der Waals surface area contributed by atoms with Crippen molar-refractivity contribution in [3.63, 3.8) is 0 Å². The number of nitrogens with zero attached hydrogens (tertiary/aromatic N) is 2. The van der Waals surface area contributed by atoms with Crippen molar-refractivity contribution >= 4 is 22.4 Å². The third-order valence-corrected chi connectivity index (χ3v) is 3.22. The van der Waals surface area contributed by atoms with E-state index in [1.54, 1.807) is 19.2 Å². The van der Waals surface area contributed by atoms with Crippen molar-refractivity contribution in [2.24, 2.45) is 0 Å². The highest BCUT2D eigenvalue weighted by molar-refractivity contribution is 5.78. The predicted octanol–water partition coefficient (Wildman–Crippen LogP) is 1.06. The quantitative estimate of drug-likeness (QED) is 0.482. The van der Waals surface area contributed by atoms with Crippen LogP contribution >= 0.6 is 0 Å². The number of hydrogen-bond acceptors (Lipinski definition) is 5. The van der Waals surface area contributed by atoms with Gasteiger partial charge in [-0.15, -0.1) is 0 Å². The second kappa shape index (κ2) is 3.92. The fraction of sp³-hybridized carbons (Fsp3) is 0.0769. The van der Waals surface area contributed by atoms with Gasteiger partial charge < -0.3 is 14.4 Å². The predicted molar refractivity (Wildman–Crippen MR) is 75.1 cm³/mol. The highest BCUT2D eigenvalue weighted by Crippen LogP contribution is 2.20. The smallest absolute Gasteiger partial charge is 0.272 e. The van der Waals surface area contributed by atoms with Crippen LogP contribution in [0.1, 0.15) is 5.69 Å². The SMILES string of the molecule is Cc1nc2nc(-c3cc(=O)c4cc[nH]c4[nH]3)oc2[nH]c1=O. The molecule has 0 radical (unpaired) electrons. The molecular weight excluding hydrogens is 274 g/mol. The Balaban J connectivity index is 1.99. The van der Waals surface area contributed by atoms with Crippen LogP contribution in [0.25, 0.3) is 34.0 Å². The first-order valence-corrected chi connectivity index (χ1v) is 6.20. The molecule has 3 N–H and O–H groups in total. The molecule has 0 bridgehead atoms. The molecule has 0 atom stereocenters. The minimum Gasteiger partial charge on any atom is -0.416 e. The molecule has 0 spiro atoms. The van der Waals surface area contributed by atoms with E-state index >= 15 is 0 Å². The molecule has 0 saturated carbocycles. The van der Waals surface area contributed by atoms with Crippen molar-refractivity contribution in [2.75, 3.05) is 0 Å². The number of oxazole rings is 1. The second-order valence-electron chi connectivity index (χ2n) is 4.64. The number of rotatable bonds is 1. The Morgan fingerprint density at radius 1 is 1.19 bits per heavy atom. The zero-order valence-corrected chi connectivity index (χ0v) is 10.9. The van der Waals surface area contributed by atoms with E-state index in [0.717, 1.165) is 0 Å². The van der Waals surface area contributed by atoms with Gasteiger partial charge in [0.15, 0.2) is 5.43 Å². The fourth-order valence-electron chi connectivity index (χ4n) is 2.16. The normalized spacial score (nSPS) is 11.5. The van der Waals surface area contributed by atoms with E-state index in [2.05, 4.69) is 24.9 Å². The van der Waals surface area contributed by atoms with E-state index in [0.29, 0.717) is 22.4 Å². The molecule has 4 rings (SSSR count). The Morgan fingerprint density at radius 3 is 2.90 bits per heavy atom. The number of aryl methyl sites for hydroxylation is 1. The van der Waals surface area contributed by atoms with E-state index in [1.807, 2.05) is 0 Å². The van der Waals surface area contributed by atoms with Gasteiger partial charge in [0.25, 0.3) is 5.56 Å². The van der Waals surface area contributed by atoms with Gasteiger partial charge in [-0.2, -0.15) is 4.98 Å². The molecule has 21 heavy (non-hydrogen) atoms. The van der Waals surface area contributed by atoms with E-state index in [-0.39, 0.29) is 28.2 Å². The molecular formula is C13H9N5O3. The first kappa shape index (κ1) is 11.6. The van der Waals surface area contributed by atoms with Crippen LogP contribution in [0.5, 0.6) is 0 Å². The van der Waals surface area contributed by atoms with Gasteiger partial charge >= 0.3 is 0 Å². The first-order chi connectivity index (χ1) is 10.1. The first-order valence-electron chi connectivity index (χ1n) is 6.20. The van der Waals surface area contributed by atoms with Crippen molar-refractivity contribution in [2.45, 2.75) is 6.92 Å². The zero-order chi connectivity index (χ0) is 14.6. The van der Waals surface area contributed by atoms with Crippen LogP contribution in [0.2, 0.25) is 0 Å². The summed E-state index contributed by atoms with van der Waals surface area (Å²) >= 11 is 0. The molecule has 0 aliphatic rings. The van der Waals surface area contributed by atoms with Crippen LogP contribution < -0.4 is 11.0 Å². The molecule has 4 aromatic heterocycles. The fourth-order valence-corrected chi connectivity index (χ4v) is 2.16. The summed E-state index contributed by atoms with van der Waals surface area (Å²) in [6.45, 7) is 1.58. The van der Waals surface area contributed by atoms with Gasteiger partial charge in [0.1, 0.15) is 17.0 Å². The average molecular weight is 283 g/mol. The summed E-state index contributed by atoms with van der Waals surface area (Å²) in [5, 5.41) is 0.553. The van der Waals surface area contributed by atoms with Gasteiger partial charge in [-0.3, -0.25) is 14.6 Å². The van der Waals surface area contributed by atoms with Crippen molar-refractivity contribution in [1.29, 1.82) is 0 Å². The average Bonchev–Trinajstić information content (AvgIpc) is 3.05. The lowest BCUT2D eigenvalue weighted by Gasteiger charge is -1.96. The number of H-pyrrole nitrogens is 3. The highest BCUT2D eigenvalue weighted by Gasteiger charge is 2.13. The molecule has 8 heteroatoms. The number of hydrogen-bond donors (Lipinski definition) is 3. The maximum absolute atomic E-state index is 12.0. The van der Waals surface area contributed by atoms with E-state index < -0.39 is 0 Å². The molecule has 0 unspecified atom stereocenters. The monoisotopic (exact) mass is 283 g/mol. The molecule has 4 aromatic rings. The van der Waals surface area contributed by atoms with Crippen LogP contribution in [0.3, 0.4) is 0 Å². The molecule has 0 aliphatic heterocycles. The largest absolute Gasteiger partial charge is 0.416 e. The van der Waals surface area contributed by atoms with Gasteiger partial charge in [-0.25, -0.2) is 4.98 Å². The summed E-state index contributed by atoms with van der Waals surface area (Å²) in [4.78, 5) is 40.2. The Labute approximate surface area is 115 Å². The Bertz CT molecular complexity index is 1100. The molecule has 104 valence electrons. The van der Waals surface area contributed by atoms with E-state index in [9.17, 15) is 9.59 Å². The summed E-state index contributed by atoms with van der Waals surface area (Å²) in [6, 6.07) is 3.08. The van der Waals surface area contributed by atoms with E-state index in [1.165, 1.54) is 6.07 Å². The lowest BCUT2D eigenvalue weighted by Crippen LogP contribution is -2.10. The standard InChI is InChI=1S/C13H9N5O3/c1-5-11(20)18-13-10(15-5)17-12(21-13)7-4-8(19)6-2-3-14-9(6)16-7/h2-4H,1H3,(H,18,20)(H2,14,16,19). The molecule has 0 aromatic carbocycles. The van der Waals surface area contributed by atoms with Crippen LogP contribution in [-0.4, -0.2) is 24.9 Å². The van der Waals surface area contributed by atoms with E-state index in [4.69, 9.17) is 4.42 Å². The maximum atomic E-state index is 12.0. The van der Waals surface area contributed by atoms with Gasteiger partial charge in [0, 0.05) is 12.3 Å². The Hall–Kier alpha value is -3.16. The summed E-state index contributed by atoms with van der Waals surface area (Å²) in [5.41, 5.74) is 1.26. The molecule has 8 nitrogen and oxygen atoms in total. The molecule has 0 fully saturated rings. The van der Waals surface area contributed by atoms with Gasteiger partial charge in [0.05, 0.1) is 5.39 Å². The topological polar surface area (TPSA) is 120 Å². The van der Waals surface area contributed by atoms with Crippen LogP contribution in [0.15, 0.2) is 32.3 Å². The van der Waals surface area contributed by atoms with Crippen LogP contribution in [0, 0.1) is 6.92 Å².